The minimum Gasteiger partial charge on any atom is -0.481 e. The molecule has 0 aliphatic heterocycles. The van der Waals surface area contributed by atoms with Crippen LogP contribution >= 0.6 is 11.8 Å². The summed E-state index contributed by atoms with van der Waals surface area (Å²) >= 11 is 1.14. The maximum Gasteiger partial charge on any atom is 0.316 e. The van der Waals surface area contributed by atoms with E-state index in [1.54, 1.807) is 20.8 Å². The van der Waals surface area contributed by atoms with Crippen molar-refractivity contribution in [3.05, 3.63) is 0 Å². The molecule has 1 unspecified atom stereocenters. The van der Waals surface area contributed by atoms with Crippen molar-refractivity contribution < 1.29 is 19.8 Å². The van der Waals surface area contributed by atoms with Gasteiger partial charge in [0.1, 0.15) is 0 Å². The van der Waals surface area contributed by atoms with Gasteiger partial charge in [0.05, 0.1) is 10.7 Å². The van der Waals surface area contributed by atoms with Gasteiger partial charge in [-0.3, -0.25) is 9.59 Å². The topological polar surface area (TPSA) is 74.6 Å². The van der Waals surface area contributed by atoms with Gasteiger partial charge in [0, 0.05) is 5.75 Å². The first-order valence-corrected chi connectivity index (χ1v) is 4.90. The van der Waals surface area contributed by atoms with Crippen LogP contribution in [0.4, 0.5) is 0 Å². The molecule has 0 saturated carbocycles. The third-order valence-electron chi connectivity index (χ3n) is 1.62. The molecular formula is C8H14O4S. The molecule has 0 aliphatic rings. The van der Waals surface area contributed by atoms with E-state index in [4.69, 9.17) is 10.2 Å². The third-order valence-corrected chi connectivity index (χ3v) is 3.21. The van der Waals surface area contributed by atoms with Gasteiger partial charge in [-0.05, 0) is 20.8 Å². The Labute approximate surface area is 81.3 Å². The lowest BCUT2D eigenvalue weighted by atomic mass is 9.97. The second kappa shape index (κ2) is 4.50. The Kier molecular flexibility index (Phi) is 4.26. The number of hydrogen-bond acceptors (Lipinski definition) is 3. The van der Waals surface area contributed by atoms with Crippen LogP contribution in [0.3, 0.4) is 0 Å². The van der Waals surface area contributed by atoms with Crippen LogP contribution in [0.5, 0.6) is 0 Å². The second-order valence-electron chi connectivity index (χ2n) is 3.48. The molecule has 0 aromatic heterocycles. The quantitative estimate of drug-likeness (QED) is 0.709. The minimum atomic E-state index is -0.911. The molecule has 0 heterocycles. The molecule has 1 atom stereocenters. The average molecular weight is 206 g/mol. The maximum atomic E-state index is 10.6. The summed E-state index contributed by atoms with van der Waals surface area (Å²) in [6.07, 6.45) is 0. The Morgan fingerprint density at radius 1 is 1.38 bits per heavy atom. The maximum absolute atomic E-state index is 10.6. The van der Waals surface area contributed by atoms with E-state index in [0.29, 0.717) is 5.75 Å². The van der Waals surface area contributed by atoms with Crippen LogP contribution in [0.1, 0.15) is 20.8 Å². The smallest absolute Gasteiger partial charge is 0.316 e. The van der Waals surface area contributed by atoms with Crippen LogP contribution in [0, 0.1) is 5.41 Å². The largest absolute Gasteiger partial charge is 0.481 e. The van der Waals surface area contributed by atoms with Crippen LogP contribution in [0.15, 0.2) is 0 Å². The molecule has 0 radical (unpaired) electrons. The molecule has 76 valence electrons. The molecule has 0 aromatic carbocycles. The van der Waals surface area contributed by atoms with E-state index in [0.717, 1.165) is 11.8 Å². The molecular weight excluding hydrogens is 192 g/mol. The summed E-state index contributed by atoms with van der Waals surface area (Å²) in [7, 11) is 0. The lowest BCUT2D eigenvalue weighted by Gasteiger charge is -2.19. The number of carboxylic acid groups (broad SMARTS) is 2. The molecule has 2 N–H and O–H groups in total. The Morgan fingerprint density at radius 3 is 2.15 bits per heavy atom. The molecule has 0 aliphatic carbocycles. The van der Waals surface area contributed by atoms with Crippen molar-refractivity contribution in [3.63, 3.8) is 0 Å². The summed E-state index contributed by atoms with van der Waals surface area (Å²) < 4.78 is 0. The van der Waals surface area contributed by atoms with Gasteiger partial charge in [0.15, 0.2) is 0 Å². The molecule has 13 heavy (non-hydrogen) atoms. The van der Waals surface area contributed by atoms with Crippen molar-refractivity contribution in [1.82, 2.24) is 0 Å². The van der Waals surface area contributed by atoms with Gasteiger partial charge in [-0.1, -0.05) is 0 Å². The highest BCUT2D eigenvalue weighted by Crippen LogP contribution is 2.24. The first kappa shape index (κ1) is 12.3. The molecule has 4 nitrogen and oxygen atoms in total. The molecule has 0 aromatic rings. The van der Waals surface area contributed by atoms with Crippen molar-refractivity contribution in [2.75, 3.05) is 5.75 Å². The number of rotatable bonds is 5. The zero-order valence-electron chi connectivity index (χ0n) is 7.90. The van der Waals surface area contributed by atoms with Gasteiger partial charge in [0.2, 0.25) is 0 Å². The van der Waals surface area contributed by atoms with Crippen molar-refractivity contribution in [2.45, 2.75) is 26.0 Å². The van der Waals surface area contributed by atoms with E-state index in [-0.39, 0.29) is 0 Å². The number of carbonyl (C=O) groups is 2. The predicted octanol–water partition coefficient (Wildman–Crippen LogP) is 1.30. The zero-order valence-corrected chi connectivity index (χ0v) is 8.72. The monoisotopic (exact) mass is 206 g/mol. The van der Waals surface area contributed by atoms with Gasteiger partial charge in [-0.2, -0.15) is 0 Å². The Bertz CT molecular complexity index is 212. The summed E-state index contributed by atoms with van der Waals surface area (Å²) in [5.41, 5.74) is -0.867. The summed E-state index contributed by atoms with van der Waals surface area (Å²) in [6.45, 7) is 4.71. The van der Waals surface area contributed by atoms with Gasteiger partial charge >= 0.3 is 11.9 Å². The summed E-state index contributed by atoms with van der Waals surface area (Å²) in [5, 5.41) is 16.7. The zero-order chi connectivity index (χ0) is 10.6. The fourth-order valence-corrected chi connectivity index (χ4v) is 1.40. The summed E-state index contributed by atoms with van der Waals surface area (Å²) in [5.74, 6) is -1.51. The van der Waals surface area contributed by atoms with Crippen LogP contribution in [0.25, 0.3) is 0 Å². The van der Waals surface area contributed by atoms with E-state index in [2.05, 4.69) is 0 Å². The van der Waals surface area contributed by atoms with Crippen molar-refractivity contribution in [1.29, 1.82) is 0 Å². The van der Waals surface area contributed by atoms with Crippen molar-refractivity contribution in [2.24, 2.45) is 5.41 Å². The van der Waals surface area contributed by atoms with E-state index in [1.165, 1.54) is 0 Å². The Hall–Kier alpha value is -0.710. The lowest BCUT2D eigenvalue weighted by Crippen LogP contribution is -2.28. The van der Waals surface area contributed by atoms with Crippen LogP contribution in [-0.2, 0) is 9.59 Å². The molecule has 5 heteroatoms. The fraction of sp³-hybridized carbons (Fsp3) is 0.750. The molecule has 0 fully saturated rings. The number of aliphatic carboxylic acids is 2. The van der Waals surface area contributed by atoms with Gasteiger partial charge in [-0.25, -0.2) is 0 Å². The lowest BCUT2D eigenvalue weighted by molar-refractivity contribution is -0.145. The highest BCUT2D eigenvalue weighted by Gasteiger charge is 2.28. The second-order valence-corrected chi connectivity index (χ2v) is 4.81. The molecule has 0 amide bonds. The number of carboxylic acids is 2. The van der Waals surface area contributed by atoms with Crippen LogP contribution in [0.2, 0.25) is 0 Å². The van der Waals surface area contributed by atoms with Gasteiger partial charge < -0.3 is 10.2 Å². The Morgan fingerprint density at radius 2 is 1.85 bits per heavy atom. The van der Waals surface area contributed by atoms with Crippen molar-refractivity contribution in [3.8, 4) is 0 Å². The number of thioether (sulfide) groups is 1. The average Bonchev–Trinajstić information content (AvgIpc) is 1.99. The summed E-state index contributed by atoms with van der Waals surface area (Å²) in [4.78, 5) is 21.1. The molecule has 0 saturated heterocycles. The van der Waals surface area contributed by atoms with Crippen LogP contribution < -0.4 is 0 Å². The number of hydrogen-bond donors (Lipinski definition) is 2. The SMILES string of the molecule is CC(SCC(C)(C)C(=O)O)C(=O)O. The predicted molar refractivity (Wildman–Crippen MR) is 51.0 cm³/mol. The molecule has 0 bridgehead atoms. The summed E-state index contributed by atoms with van der Waals surface area (Å²) in [6, 6.07) is 0. The van der Waals surface area contributed by atoms with Gasteiger partial charge in [-0.15, -0.1) is 11.8 Å². The normalized spacial score (nSPS) is 13.8. The molecule has 0 rings (SSSR count). The first-order chi connectivity index (χ1) is 5.77. The Balaban J connectivity index is 4.02. The minimum absolute atomic E-state index is 0.301. The van der Waals surface area contributed by atoms with E-state index < -0.39 is 22.6 Å². The van der Waals surface area contributed by atoms with E-state index in [9.17, 15) is 9.59 Å². The highest BCUT2D eigenvalue weighted by molar-refractivity contribution is 8.00. The standard InChI is InChI=1S/C8H14O4S/c1-5(6(9)10)13-4-8(2,3)7(11)12/h5H,4H2,1-3H3,(H,9,10)(H,11,12). The third kappa shape index (κ3) is 4.17. The fourth-order valence-electron chi connectivity index (χ4n) is 0.466. The van der Waals surface area contributed by atoms with E-state index >= 15 is 0 Å². The first-order valence-electron chi connectivity index (χ1n) is 3.85. The van der Waals surface area contributed by atoms with Crippen molar-refractivity contribution >= 4 is 23.7 Å². The molecule has 0 spiro atoms. The van der Waals surface area contributed by atoms with Gasteiger partial charge in [0.25, 0.3) is 0 Å². The highest BCUT2D eigenvalue weighted by atomic mass is 32.2. The van der Waals surface area contributed by atoms with Crippen LogP contribution in [-0.4, -0.2) is 33.2 Å². The van der Waals surface area contributed by atoms with E-state index in [1.807, 2.05) is 0 Å².